The average Bonchev–Trinajstić information content (AvgIpc) is 2.75. The van der Waals surface area contributed by atoms with Crippen LogP contribution >= 0.6 is 23.2 Å². The number of piperazine rings is 1. The van der Waals surface area contributed by atoms with Gasteiger partial charge >= 0.3 is 0 Å². The lowest BCUT2D eigenvalue weighted by Gasteiger charge is -2.37. The Kier molecular flexibility index (Phi) is 7.68. The van der Waals surface area contributed by atoms with Crippen molar-refractivity contribution in [1.29, 1.82) is 0 Å². The number of halogens is 2. The summed E-state index contributed by atoms with van der Waals surface area (Å²) in [7, 11) is 0. The topological polar surface area (TPSA) is 61.9 Å². The predicted octanol–water partition coefficient (Wildman–Crippen LogP) is 4.95. The molecule has 1 saturated heterocycles. The molecule has 1 aliphatic rings. The molecule has 2 amide bonds. The van der Waals surface area contributed by atoms with Crippen molar-refractivity contribution < 1.29 is 14.3 Å². The van der Waals surface area contributed by atoms with E-state index in [0.29, 0.717) is 59.8 Å². The summed E-state index contributed by atoms with van der Waals surface area (Å²) in [5.41, 5.74) is 1.91. The highest BCUT2D eigenvalue weighted by Crippen LogP contribution is 2.31. The largest absolute Gasteiger partial charge is 0.492 e. The van der Waals surface area contributed by atoms with Crippen molar-refractivity contribution in [2.24, 2.45) is 5.92 Å². The second-order valence-electron chi connectivity index (χ2n) is 7.66. The normalized spacial score (nSPS) is 14.0. The molecule has 0 aliphatic carbocycles. The average molecular weight is 464 g/mol. The van der Waals surface area contributed by atoms with Gasteiger partial charge in [-0.3, -0.25) is 9.59 Å². The molecule has 1 fully saturated rings. The standard InChI is InChI=1S/C23H27Cl2N3O3/c1-4-31-21-8-5-16(13-18(21)25)22(29)26-19-14-17(24)6-7-20(19)27-9-11-28(12-10-27)23(30)15(2)3/h5-8,13-15H,4,9-12H2,1-3H3,(H,26,29). The highest BCUT2D eigenvalue weighted by Gasteiger charge is 2.24. The fourth-order valence-electron chi connectivity index (χ4n) is 3.53. The Balaban J connectivity index is 1.76. The third kappa shape index (κ3) is 5.63. The van der Waals surface area contributed by atoms with Gasteiger partial charge < -0.3 is 19.9 Å². The monoisotopic (exact) mass is 463 g/mol. The Bertz CT molecular complexity index is 957. The van der Waals surface area contributed by atoms with E-state index < -0.39 is 0 Å². The number of ether oxygens (including phenoxy) is 1. The maximum absolute atomic E-state index is 12.9. The number of benzene rings is 2. The fourth-order valence-corrected chi connectivity index (χ4v) is 3.93. The van der Waals surface area contributed by atoms with Gasteiger partial charge in [-0.25, -0.2) is 0 Å². The minimum atomic E-state index is -0.290. The Morgan fingerprint density at radius 3 is 2.39 bits per heavy atom. The number of anilines is 2. The Morgan fingerprint density at radius 2 is 1.77 bits per heavy atom. The summed E-state index contributed by atoms with van der Waals surface area (Å²) in [6.07, 6.45) is 0. The molecule has 0 radical (unpaired) electrons. The summed E-state index contributed by atoms with van der Waals surface area (Å²) < 4.78 is 5.43. The minimum Gasteiger partial charge on any atom is -0.492 e. The van der Waals surface area contributed by atoms with Crippen LogP contribution in [0.3, 0.4) is 0 Å². The molecule has 0 unspecified atom stereocenters. The molecule has 2 aromatic rings. The maximum atomic E-state index is 12.9. The van der Waals surface area contributed by atoms with Gasteiger partial charge in [-0.05, 0) is 43.3 Å². The first-order chi connectivity index (χ1) is 14.8. The molecule has 0 saturated carbocycles. The Hall–Kier alpha value is -2.44. The third-order valence-electron chi connectivity index (χ3n) is 5.13. The lowest BCUT2D eigenvalue weighted by molar-refractivity contribution is -0.134. The first-order valence-electron chi connectivity index (χ1n) is 10.4. The van der Waals surface area contributed by atoms with Gasteiger partial charge in [0.05, 0.1) is 23.0 Å². The van der Waals surface area contributed by atoms with E-state index in [1.807, 2.05) is 31.7 Å². The summed E-state index contributed by atoms with van der Waals surface area (Å²) in [5.74, 6) is 0.398. The van der Waals surface area contributed by atoms with Crippen LogP contribution in [0.4, 0.5) is 11.4 Å². The summed E-state index contributed by atoms with van der Waals surface area (Å²) in [6.45, 7) is 8.82. The number of nitrogens with one attached hydrogen (secondary N) is 1. The number of nitrogens with zero attached hydrogens (tertiary/aromatic N) is 2. The van der Waals surface area contributed by atoms with Gasteiger partial charge in [-0.1, -0.05) is 37.0 Å². The van der Waals surface area contributed by atoms with Crippen LogP contribution in [0, 0.1) is 5.92 Å². The van der Waals surface area contributed by atoms with Crippen LogP contribution in [0.2, 0.25) is 10.0 Å². The molecule has 2 aromatic carbocycles. The van der Waals surface area contributed by atoms with Crippen molar-refractivity contribution in [2.45, 2.75) is 20.8 Å². The summed E-state index contributed by atoms with van der Waals surface area (Å²) >= 11 is 12.4. The van der Waals surface area contributed by atoms with Gasteiger partial charge in [0.15, 0.2) is 0 Å². The molecule has 31 heavy (non-hydrogen) atoms. The molecule has 0 atom stereocenters. The van der Waals surface area contributed by atoms with Gasteiger partial charge in [0.2, 0.25) is 5.91 Å². The van der Waals surface area contributed by atoms with E-state index in [9.17, 15) is 9.59 Å². The number of amides is 2. The van der Waals surface area contributed by atoms with Gasteiger partial charge in [-0.2, -0.15) is 0 Å². The fraction of sp³-hybridized carbons (Fsp3) is 0.391. The number of hydrogen-bond donors (Lipinski definition) is 1. The zero-order valence-corrected chi connectivity index (χ0v) is 19.5. The number of hydrogen-bond acceptors (Lipinski definition) is 4. The summed E-state index contributed by atoms with van der Waals surface area (Å²) in [4.78, 5) is 29.2. The molecule has 3 rings (SSSR count). The second-order valence-corrected chi connectivity index (χ2v) is 8.50. The van der Waals surface area contributed by atoms with Crippen molar-refractivity contribution in [3.05, 3.63) is 52.0 Å². The third-order valence-corrected chi connectivity index (χ3v) is 5.66. The molecular weight excluding hydrogens is 437 g/mol. The van der Waals surface area contributed by atoms with Crippen LogP contribution in [0.15, 0.2) is 36.4 Å². The van der Waals surface area contributed by atoms with Gasteiger partial charge in [0.1, 0.15) is 5.75 Å². The summed E-state index contributed by atoms with van der Waals surface area (Å²) in [5, 5.41) is 3.86. The first kappa shape index (κ1) is 23.2. The highest BCUT2D eigenvalue weighted by molar-refractivity contribution is 6.32. The smallest absolute Gasteiger partial charge is 0.255 e. The van der Waals surface area contributed by atoms with Crippen LogP contribution < -0.4 is 15.0 Å². The molecule has 6 nitrogen and oxygen atoms in total. The molecule has 166 valence electrons. The summed E-state index contributed by atoms with van der Waals surface area (Å²) in [6, 6.07) is 10.4. The van der Waals surface area contributed by atoms with Gasteiger partial charge in [0, 0.05) is 42.7 Å². The van der Waals surface area contributed by atoms with E-state index in [0.717, 1.165) is 5.69 Å². The van der Waals surface area contributed by atoms with Crippen molar-refractivity contribution >= 4 is 46.4 Å². The van der Waals surface area contributed by atoms with Crippen LogP contribution in [0.1, 0.15) is 31.1 Å². The Labute approximate surface area is 193 Å². The predicted molar refractivity (Wildman–Crippen MR) is 126 cm³/mol. The first-order valence-corrected chi connectivity index (χ1v) is 11.1. The lowest BCUT2D eigenvalue weighted by Crippen LogP contribution is -2.50. The van der Waals surface area contributed by atoms with Crippen molar-refractivity contribution in [3.8, 4) is 5.75 Å². The van der Waals surface area contributed by atoms with E-state index in [-0.39, 0.29) is 17.7 Å². The number of carbonyl (C=O) groups is 2. The van der Waals surface area contributed by atoms with Crippen molar-refractivity contribution in [3.63, 3.8) is 0 Å². The zero-order chi connectivity index (χ0) is 22.5. The van der Waals surface area contributed by atoms with Crippen LogP contribution in [0.25, 0.3) is 0 Å². The van der Waals surface area contributed by atoms with Gasteiger partial charge in [-0.15, -0.1) is 0 Å². The molecule has 0 aromatic heterocycles. The number of carbonyl (C=O) groups excluding carboxylic acids is 2. The zero-order valence-electron chi connectivity index (χ0n) is 18.0. The SMILES string of the molecule is CCOc1ccc(C(=O)Nc2cc(Cl)ccc2N2CCN(C(=O)C(C)C)CC2)cc1Cl. The quantitative estimate of drug-likeness (QED) is 0.658. The highest BCUT2D eigenvalue weighted by atomic mass is 35.5. The molecule has 1 aliphatic heterocycles. The van der Waals surface area contributed by atoms with Crippen LogP contribution in [-0.4, -0.2) is 49.5 Å². The van der Waals surface area contributed by atoms with Crippen LogP contribution in [-0.2, 0) is 4.79 Å². The molecule has 1 heterocycles. The van der Waals surface area contributed by atoms with E-state index >= 15 is 0 Å². The van der Waals surface area contributed by atoms with Crippen molar-refractivity contribution in [1.82, 2.24) is 4.90 Å². The van der Waals surface area contributed by atoms with E-state index in [1.54, 1.807) is 30.3 Å². The lowest BCUT2D eigenvalue weighted by atomic mass is 10.1. The van der Waals surface area contributed by atoms with E-state index in [4.69, 9.17) is 27.9 Å². The molecule has 1 N–H and O–H groups in total. The molecule has 0 spiro atoms. The van der Waals surface area contributed by atoms with Crippen LogP contribution in [0.5, 0.6) is 5.75 Å². The Morgan fingerprint density at radius 1 is 1.06 bits per heavy atom. The molecular formula is C23H27Cl2N3O3. The molecule has 0 bridgehead atoms. The minimum absolute atomic E-state index is 0.0159. The maximum Gasteiger partial charge on any atom is 0.255 e. The van der Waals surface area contributed by atoms with E-state index in [1.165, 1.54) is 0 Å². The van der Waals surface area contributed by atoms with E-state index in [2.05, 4.69) is 10.2 Å². The second kappa shape index (κ2) is 10.2. The molecule has 8 heteroatoms. The number of rotatable bonds is 6. The van der Waals surface area contributed by atoms with Gasteiger partial charge in [0.25, 0.3) is 5.91 Å². The van der Waals surface area contributed by atoms with Crippen molar-refractivity contribution in [2.75, 3.05) is 43.0 Å².